The number of carbonyl (C=O) groups excluding carboxylic acids is 1. The molecule has 1 saturated heterocycles. The molecule has 1 aliphatic rings. The second-order valence-corrected chi connectivity index (χ2v) is 7.99. The van der Waals surface area contributed by atoms with E-state index in [-0.39, 0.29) is 18.1 Å². The lowest BCUT2D eigenvalue weighted by molar-refractivity contribution is 0.0197. The zero-order valence-corrected chi connectivity index (χ0v) is 16.2. The van der Waals surface area contributed by atoms with E-state index in [2.05, 4.69) is 30.9 Å². The predicted octanol–water partition coefficient (Wildman–Crippen LogP) is 2.42. The average Bonchev–Trinajstić information content (AvgIpc) is 2.42. The van der Waals surface area contributed by atoms with E-state index in [4.69, 9.17) is 10.5 Å². The molecule has 134 valence electrons. The highest BCUT2D eigenvalue weighted by atomic mass is 79.9. The summed E-state index contributed by atoms with van der Waals surface area (Å²) in [5.74, 6) is 0.884. The van der Waals surface area contributed by atoms with Crippen molar-refractivity contribution >= 4 is 44.8 Å². The fourth-order valence-corrected chi connectivity index (χ4v) is 2.89. The van der Waals surface area contributed by atoms with Gasteiger partial charge in [0, 0.05) is 30.8 Å². The Labute approximate surface area is 154 Å². The van der Waals surface area contributed by atoms with Crippen LogP contribution >= 0.6 is 15.9 Å². The van der Waals surface area contributed by atoms with E-state index in [0.29, 0.717) is 29.9 Å². The predicted molar refractivity (Wildman–Crippen MR) is 99.4 cm³/mol. The lowest BCUT2D eigenvalue weighted by atomic mass is 10.1. The first kappa shape index (κ1) is 17.7. The molecule has 3 rings (SSSR count). The van der Waals surface area contributed by atoms with Gasteiger partial charge in [0.2, 0.25) is 5.95 Å². The number of aromatic nitrogens is 3. The SMILES string of the molecule is CN(C(=O)OC(C)(C)C)C1CN(c2nc(N)nc3cc(Br)cnc23)C1. The first-order valence-electron chi connectivity index (χ1n) is 7.93. The molecule has 1 amide bonds. The molecule has 0 aliphatic carbocycles. The highest BCUT2D eigenvalue weighted by Crippen LogP contribution is 2.29. The Bertz CT molecular complexity index is 811. The van der Waals surface area contributed by atoms with Gasteiger partial charge in [-0.15, -0.1) is 0 Å². The van der Waals surface area contributed by atoms with Gasteiger partial charge in [0.25, 0.3) is 0 Å². The second-order valence-electron chi connectivity index (χ2n) is 7.08. The fraction of sp³-hybridized carbons (Fsp3) is 0.500. The number of amides is 1. The number of halogens is 1. The number of anilines is 2. The average molecular weight is 409 g/mol. The molecule has 8 nitrogen and oxygen atoms in total. The van der Waals surface area contributed by atoms with Crippen molar-refractivity contribution in [2.45, 2.75) is 32.4 Å². The molecule has 0 atom stereocenters. The van der Waals surface area contributed by atoms with Crippen LogP contribution < -0.4 is 10.6 Å². The Balaban J connectivity index is 1.75. The molecular formula is C16H21BrN6O2. The third kappa shape index (κ3) is 3.76. The number of carbonyl (C=O) groups is 1. The molecule has 2 aromatic heterocycles. The number of nitrogen functional groups attached to an aromatic ring is 1. The van der Waals surface area contributed by atoms with E-state index in [1.165, 1.54) is 0 Å². The molecule has 1 aliphatic heterocycles. The van der Waals surface area contributed by atoms with Crippen LogP contribution in [0, 0.1) is 0 Å². The third-order valence-electron chi connectivity index (χ3n) is 3.89. The molecule has 25 heavy (non-hydrogen) atoms. The van der Waals surface area contributed by atoms with Crippen molar-refractivity contribution in [3.63, 3.8) is 0 Å². The monoisotopic (exact) mass is 408 g/mol. The highest BCUT2D eigenvalue weighted by molar-refractivity contribution is 9.10. The van der Waals surface area contributed by atoms with Crippen LogP contribution in [0.2, 0.25) is 0 Å². The van der Waals surface area contributed by atoms with E-state index in [0.717, 1.165) is 4.47 Å². The summed E-state index contributed by atoms with van der Waals surface area (Å²) in [5, 5.41) is 0. The number of hydrogen-bond acceptors (Lipinski definition) is 7. The third-order valence-corrected chi connectivity index (χ3v) is 4.33. The van der Waals surface area contributed by atoms with Gasteiger partial charge in [0.1, 0.15) is 11.1 Å². The van der Waals surface area contributed by atoms with Crippen LogP contribution in [0.5, 0.6) is 0 Å². The van der Waals surface area contributed by atoms with Crippen LogP contribution in [0.3, 0.4) is 0 Å². The number of nitrogens with two attached hydrogens (primary N) is 1. The first-order chi connectivity index (χ1) is 11.6. The van der Waals surface area contributed by atoms with Crippen molar-refractivity contribution in [1.82, 2.24) is 19.9 Å². The number of ether oxygens (including phenoxy) is 1. The molecule has 0 radical (unpaired) electrons. The molecule has 9 heteroatoms. The topological polar surface area (TPSA) is 97.5 Å². The molecule has 2 aromatic rings. The normalized spacial score (nSPS) is 15.2. The zero-order chi connectivity index (χ0) is 18.4. The Kier molecular flexibility index (Phi) is 4.44. The summed E-state index contributed by atoms with van der Waals surface area (Å²) in [6.07, 6.45) is 1.38. The van der Waals surface area contributed by atoms with E-state index in [1.807, 2.05) is 31.7 Å². The fourth-order valence-electron chi connectivity index (χ4n) is 2.57. The minimum absolute atomic E-state index is 0.0524. The van der Waals surface area contributed by atoms with Gasteiger partial charge in [-0.25, -0.2) is 14.8 Å². The Morgan fingerprint density at radius 2 is 2.08 bits per heavy atom. The first-order valence-corrected chi connectivity index (χ1v) is 8.73. The molecule has 0 spiro atoms. The lowest BCUT2D eigenvalue weighted by Crippen LogP contribution is -2.60. The minimum atomic E-state index is -0.511. The second kappa shape index (κ2) is 6.29. The Hall–Kier alpha value is -2.16. The van der Waals surface area contributed by atoms with E-state index in [1.54, 1.807) is 18.1 Å². The number of fused-ring (bicyclic) bond motifs is 1. The van der Waals surface area contributed by atoms with Crippen LogP contribution in [0.4, 0.5) is 16.6 Å². The Morgan fingerprint density at radius 3 is 2.72 bits per heavy atom. The molecule has 1 fully saturated rings. The van der Waals surface area contributed by atoms with Gasteiger partial charge in [0.15, 0.2) is 5.82 Å². The molecule has 0 unspecified atom stereocenters. The molecule has 3 heterocycles. The van der Waals surface area contributed by atoms with Crippen LogP contribution in [0.25, 0.3) is 11.0 Å². The van der Waals surface area contributed by atoms with Crippen molar-refractivity contribution in [3.8, 4) is 0 Å². The van der Waals surface area contributed by atoms with Gasteiger partial charge >= 0.3 is 6.09 Å². The quantitative estimate of drug-likeness (QED) is 0.814. The lowest BCUT2D eigenvalue weighted by Gasteiger charge is -2.44. The van der Waals surface area contributed by atoms with E-state index < -0.39 is 5.60 Å². The number of nitrogens with zero attached hydrogens (tertiary/aromatic N) is 5. The number of hydrogen-bond donors (Lipinski definition) is 1. The summed E-state index contributed by atoms with van der Waals surface area (Å²) in [4.78, 5) is 28.8. The molecule has 0 bridgehead atoms. The number of pyridine rings is 1. The summed E-state index contributed by atoms with van der Waals surface area (Å²) in [6, 6.07) is 1.91. The summed E-state index contributed by atoms with van der Waals surface area (Å²) in [7, 11) is 1.75. The Morgan fingerprint density at radius 1 is 1.40 bits per heavy atom. The largest absolute Gasteiger partial charge is 0.444 e. The summed E-state index contributed by atoms with van der Waals surface area (Å²) in [6.45, 7) is 6.83. The summed E-state index contributed by atoms with van der Waals surface area (Å²) >= 11 is 3.38. The maximum atomic E-state index is 12.2. The maximum absolute atomic E-state index is 12.2. The van der Waals surface area contributed by atoms with Gasteiger partial charge in [-0.3, -0.25) is 0 Å². The number of likely N-dealkylation sites (N-methyl/N-ethyl adjacent to an activating group) is 1. The van der Waals surface area contributed by atoms with Gasteiger partial charge in [-0.05, 0) is 42.8 Å². The van der Waals surface area contributed by atoms with Gasteiger partial charge in [-0.1, -0.05) is 0 Å². The van der Waals surface area contributed by atoms with Crippen molar-refractivity contribution < 1.29 is 9.53 Å². The smallest absolute Gasteiger partial charge is 0.410 e. The van der Waals surface area contributed by atoms with Gasteiger partial charge in [0.05, 0.1) is 11.6 Å². The van der Waals surface area contributed by atoms with Crippen LogP contribution in [0.1, 0.15) is 20.8 Å². The van der Waals surface area contributed by atoms with Crippen molar-refractivity contribution in [2.75, 3.05) is 30.8 Å². The molecule has 0 saturated carbocycles. The summed E-state index contributed by atoms with van der Waals surface area (Å²) < 4.78 is 6.23. The van der Waals surface area contributed by atoms with Crippen molar-refractivity contribution in [3.05, 3.63) is 16.7 Å². The van der Waals surface area contributed by atoms with Crippen LogP contribution in [-0.4, -0.2) is 57.7 Å². The molecule has 2 N–H and O–H groups in total. The van der Waals surface area contributed by atoms with E-state index in [9.17, 15) is 4.79 Å². The van der Waals surface area contributed by atoms with Gasteiger partial charge < -0.3 is 20.3 Å². The number of rotatable bonds is 2. The molecular weight excluding hydrogens is 388 g/mol. The van der Waals surface area contributed by atoms with Crippen LogP contribution in [0.15, 0.2) is 16.7 Å². The zero-order valence-electron chi connectivity index (χ0n) is 14.7. The highest BCUT2D eigenvalue weighted by Gasteiger charge is 2.36. The standard InChI is InChI=1S/C16H21BrN6O2/c1-16(2,3)25-15(24)22(4)10-7-23(8-10)13-12-11(20-14(18)21-13)5-9(17)6-19-12/h5-6,10H,7-8H2,1-4H3,(H2,18,20,21). The molecule has 0 aromatic carbocycles. The van der Waals surface area contributed by atoms with Gasteiger partial charge in [-0.2, -0.15) is 4.98 Å². The van der Waals surface area contributed by atoms with Crippen molar-refractivity contribution in [2.24, 2.45) is 0 Å². The van der Waals surface area contributed by atoms with Crippen molar-refractivity contribution in [1.29, 1.82) is 0 Å². The maximum Gasteiger partial charge on any atom is 0.410 e. The van der Waals surface area contributed by atoms with E-state index >= 15 is 0 Å². The summed E-state index contributed by atoms with van der Waals surface area (Å²) in [5.41, 5.74) is 6.69. The minimum Gasteiger partial charge on any atom is -0.444 e. The van der Waals surface area contributed by atoms with Crippen LogP contribution in [-0.2, 0) is 4.74 Å².